The van der Waals surface area contributed by atoms with Crippen molar-refractivity contribution in [3.05, 3.63) is 60.6 Å². The maximum atomic E-state index is 11.1. The molecule has 0 amide bonds. The van der Waals surface area contributed by atoms with Crippen LogP contribution >= 0.6 is 23.2 Å². The van der Waals surface area contributed by atoms with Gasteiger partial charge >= 0.3 is 0 Å². The maximum absolute atomic E-state index is 11.1. The zero-order valence-electron chi connectivity index (χ0n) is 13.5. The quantitative estimate of drug-likeness (QED) is 0.481. The van der Waals surface area contributed by atoms with E-state index in [0.717, 1.165) is 47.6 Å². The minimum absolute atomic E-state index is 0.00276. The van der Waals surface area contributed by atoms with Crippen molar-refractivity contribution in [2.24, 2.45) is 0 Å². The second-order valence-corrected chi connectivity index (χ2v) is 6.83. The summed E-state index contributed by atoms with van der Waals surface area (Å²) in [7, 11) is 0. The van der Waals surface area contributed by atoms with Crippen molar-refractivity contribution in [3.8, 4) is 11.5 Å². The van der Waals surface area contributed by atoms with E-state index in [2.05, 4.69) is 0 Å². The number of hydrogen-bond donors (Lipinski definition) is 0. The molecule has 0 heterocycles. The summed E-state index contributed by atoms with van der Waals surface area (Å²) in [5.41, 5.74) is 3.29. The van der Waals surface area contributed by atoms with Crippen LogP contribution in [0.25, 0.3) is 0 Å². The Kier molecular flexibility index (Phi) is 4.70. The van der Waals surface area contributed by atoms with Gasteiger partial charge < -0.3 is 4.74 Å². The van der Waals surface area contributed by atoms with Crippen LogP contribution in [0.3, 0.4) is 0 Å². The molecule has 2 aromatic carbocycles. The molecule has 4 nitrogen and oxygen atoms in total. The van der Waals surface area contributed by atoms with E-state index in [-0.39, 0.29) is 10.7 Å². The number of fused-ring (bicyclic) bond motifs is 1. The van der Waals surface area contributed by atoms with Crippen LogP contribution in [-0.2, 0) is 12.8 Å². The highest BCUT2D eigenvalue weighted by Crippen LogP contribution is 2.42. The highest BCUT2D eigenvalue weighted by Gasteiger charge is 2.23. The monoisotopic (exact) mass is 365 g/mol. The highest BCUT2D eigenvalue weighted by atomic mass is 35.5. The first-order valence-electron chi connectivity index (χ1n) is 7.82. The number of nitrogens with zero attached hydrogens (tertiary/aromatic N) is 1. The molecule has 2 aromatic rings. The van der Waals surface area contributed by atoms with Crippen LogP contribution in [0, 0.1) is 24.0 Å². The van der Waals surface area contributed by atoms with Crippen molar-refractivity contribution in [1.29, 1.82) is 0 Å². The van der Waals surface area contributed by atoms with Crippen LogP contribution in [0.15, 0.2) is 18.2 Å². The summed E-state index contributed by atoms with van der Waals surface area (Å²) in [6.07, 6.45) is 4.06. The van der Waals surface area contributed by atoms with Crippen LogP contribution in [0.4, 0.5) is 5.69 Å². The van der Waals surface area contributed by atoms with E-state index in [0.29, 0.717) is 16.9 Å². The minimum Gasteiger partial charge on any atom is -0.455 e. The van der Waals surface area contributed by atoms with E-state index in [4.69, 9.17) is 27.9 Å². The Morgan fingerprint density at radius 1 is 1.12 bits per heavy atom. The summed E-state index contributed by atoms with van der Waals surface area (Å²) in [5, 5.41) is 12.2. The van der Waals surface area contributed by atoms with Gasteiger partial charge in [0.2, 0.25) is 0 Å². The maximum Gasteiger partial charge on any atom is 0.274 e. The lowest BCUT2D eigenvalue weighted by Gasteiger charge is -2.22. The van der Waals surface area contributed by atoms with Crippen molar-refractivity contribution in [2.45, 2.75) is 39.5 Å². The highest BCUT2D eigenvalue weighted by molar-refractivity contribution is 6.33. The van der Waals surface area contributed by atoms with E-state index in [1.165, 1.54) is 6.07 Å². The van der Waals surface area contributed by atoms with Gasteiger partial charge in [-0.2, -0.15) is 0 Å². The summed E-state index contributed by atoms with van der Waals surface area (Å²) >= 11 is 12.7. The summed E-state index contributed by atoms with van der Waals surface area (Å²) in [6, 6.07) is 5.18. The van der Waals surface area contributed by atoms with Gasteiger partial charge in [-0.15, -0.1) is 0 Å². The summed E-state index contributed by atoms with van der Waals surface area (Å²) in [6.45, 7) is 3.39. The molecule has 0 atom stereocenters. The third-order valence-electron chi connectivity index (χ3n) is 4.47. The average Bonchev–Trinajstić information content (AvgIpc) is 2.56. The first-order valence-corrected chi connectivity index (χ1v) is 8.58. The molecule has 0 fully saturated rings. The fraction of sp³-hybridized carbons (Fsp3) is 0.333. The van der Waals surface area contributed by atoms with Gasteiger partial charge in [0.15, 0.2) is 0 Å². The lowest BCUT2D eigenvalue weighted by molar-refractivity contribution is -0.385. The van der Waals surface area contributed by atoms with Gasteiger partial charge in [-0.1, -0.05) is 23.2 Å². The molecule has 0 aliphatic heterocycles. The molecule has 0 N–H and O–H groups in total. The molecule has 1 aliphatic carbocycles. The first kappa shape index (κ1) is 17.1. The Labute approximate surface area is 150 Å². The Morgan fingerprint density at radius 2 is 1.79 bits per heavy atom. The lowest BCUT2D eigenvalue weighted by Crippen LogP contribution is -2.06. The second kappa shape index (κ2) is 6.61. The molecular weight excluding hydrogens is 349 g/mol. The van der Waals surface area contributed by atoms with Gasteiger partial charge in [-0.25, -0.2) is 0 Å². The molecule has 0 saturated heterocycles. The van der Waals surface area contributed by atoms with Crippen LogP contribution < -0.4 is 4.74 Å². The van der Waals surface area contributed by atoms with E-state index in [1.54, 1.807) is 13.8 Å². The Morgan fingerprint density at radius 3 is 2.46 bits per heavy atom. The van der Waals surface area contributed by atoms with Crippen molar-refractivity contribution >= 4 is 28.9 Å². The molecule has 3 rings (SSSR count). The molecule has 0 unspecified atom stereocenters. The van der Waals surface area contributed by atoms with Gasteiger partial charge in [0.25, 0.3) is 5.69 Å². The number of halogens is 2. The third-order valence-corrected chi connectivity index (χ3v) is 5.28. The Bertz CT molecular complexity index is 834. The fourth-order valence-corrected chi connectivity index (χ4v) is 3.70. The zero-order chi connectivity index (χ0) is 17.4. The second-order valence-electron chi connectivity index (χ2n) is 6.05. The van der Waals surface area contributed by atoms with E-state index >= 15 is 0 Å². The number of benzene rings is 2. The van der Waals surface area contributed by atoms with E-state index in [1.807, 2.05) is 12.1 Å². The number of nitro benzene ring substituents is 1. The first-order chi connectivity index (χ1) is 11.4. The van der Waals surface area contributed by atoms with Crippen LogP contribution in [0.1, 0.15) is 35.1 Å². The Hall–Kier alpha value is -1.78. The number of aryl methyl sites for hydroxylation is 1. The summed E-state index contributed by atoms with van der Waals surface area (Å²) in [4.78, 5) is 10.7. The predicted molar refractivity (Wildman–Crippen MR) is 95.7 cm³/mol. The molecule has 1 aliphatic rings. The molecule has 0 aromatic heterocycles. The summed E-state index contributed by atoms with van der Waals surface area (Å²) < 4.78 is 6.10. The predicted octanol–water partition coefficient (Wildman–Crippen LogP) is 6.19. The average molecular weight is 366 g/mol. The normalized spacial score (nSPS) is 13.5. The van der Waals surface area contributed by atoms with Crippen molar-refractivity contribution in [1.82, 2.24) is 0 Å². The fourth-order valence-electron chi connectivity index (χ4n) is 3.15. The smallest absolute Gasteiger partial charge is 0.274 e. The van der Waals surface area contributed by atoms with E-state index < -0.39 is 4.92 Å². The summed E-state index contributed by atoms with van der Waals surface area (Å²) in [5.74, 6) is 1.20. The van der Waals surface area contributed by atoms with Crippen LogP contribution in [0.5, 0.6) is 11.5 Å². The van der Waals surface area contributed by atoms with Gasteiger partial charge in [0, 0.05) is 22.2 Å². The molecule has 0 saturated carbocycles. The molecular formula is C18H17Cl2NO3. The molecule has 6 heteroatoms. The van der Waals surface area contributed by atoms with Gasteiger partial charge in [-0.05, 0) is 62.8 Å². The number of hydrogen-bond acceptors (Lipinski definition) is 3. The van der Waals surface area contributed by atoms with Gasteiger partial charge in [0.1, 0.15) is 11.5 Å². The largest absolute Gasteiger partial charge is 0.455 e. The number of rotatable bonds is 3. The van der Waals surface area contributed by atoms with Crippen LogP contribution in [-0.4, -0.2) is 4.92 Å². The van der Waals surface area contributed by atoms with Crippen molar-refractivity contribution < 1.29 is 9.66 Å². The number of nitro groups is 1. The molecule has 126 valence electrons. The standard InChI is InChI=1S/C18H17Cl2NO3/c1-10-9-15(21(22)23)11(2)17(20)18(10)24-16-8-7-14(19)12-5-3-4-6-13(12)16/h7-9H,3-6H2,1-2H3. The van der Waals surface area contributed by atoms with Gasteiger partial charge in [0.05, 0.1) is 9.95 Å². The van der Waals surface area contributed by atoms with Crippen molar-refractivity contribution in [3.63, 3.8) is 0 Å². The minimum atomic E-state index is -0.428. The number of ether oxygens (including phenoxy) is 1. The molecule has 0 spiro atoms. The SMILES string of the molecule is Cc1cc([N+](=O)[O-])c(C)c(Cl)c1Oc1ccc(Cl)c2c1CCCC2. The molecule has 0 radical (unpaired) electrons. The molecule has 24 heavy (non-hydrogen) atoms. The molecule has 0 bridgehead atoms. The van der Waals surface area contributed by atoms with Crippen LogP contribution in [0.2, 0.25) is 10.0 Å². The zero-order valence-corrected chi connectivity index (χ0v) is 15.0. The van der Waals surface area contributed by atoms with Gasteiger partial charge in [-0.3, -0.25) is 10.1 Å². The Balaban J connectivity index is 2.07. The lowest BCUT2D eigenvalue weighted by atomic mass is 9.91. The van der Waals surface area contributed by atoms with Crippen molar-refractivity contribution in [2.75, 3.05) is 0 Å². The van der Waals surface area contributed by atoms with E-state index in [9.17, 15) is 10.1 Å². The topological polar surface area (TPSA) is 52.4 Å². The third kappa shape index (κ3) is 2.96.